The maximum atomic E-state index is 13.4. The van der Waals surface area contributed by atoms with Crippen molar-refractivity contribution in [2.45, 2.75) is 45.6 Å². The van der Waals surface area contributed by atoms with Crippen LogP contribution in [0.15, 0.2) is 41.3 Å². The Balaban J connectivity index is 2.05. The summed E-state index contributed by atoms with van der Waals surface area (Å²) < 4.78 is 33.8. The molecule has 2 aromatic rings. The lowest BCUT2D eigenvalue weighted by Gasteiger charge is -2.28. The number of nitrogens with zero attached hydrogens (tertiary/aromatic N) is 1. The summed E-state index contributed by atoms with van der Waals surface area (Å²) in [6.07, 6.45) is 0.123. The lowest BCUT2D eigenvalue weighted by atomic mass is 10.1. The van der Waals surface area contributed by atoms with E-state index >= 15 is 0 Å². The molecule has 140 valence electrons. The number of ether oxygens (including phenoxy) is 1. The Bertz CT molecular complexity index is 915. The predicted octanol–water partition coefficient (Wildman–Crippen LogP) is 4.53. The van der Waals surface area contributed by atoms with Crippen LogP contribution in [0.4, 0.5) is 5.69 Å². The molecule has 0 spiro atoms. The van der Waals surface area contributed by atoms with Crippen molar-refractivity contribution in [3.05, 3.63) is 58.7 Å². The number of epoxide rings is 1. The van der Waals surface area contributed by atoms with Crippen LogP contribution in [-0.4, -0.2) is 21.6 Å². The quantitative estimate of drug-likeness (QED) is 0.699. The molecule has 0 aliphatic carbocycles. The summed E-state index contributed by atoms with van der Waals surface area (Å²) in [6.45, 7) is 11.1. The molecule has 0 aromatic heterocycles. The van der Waals surface area contributed by atoms with Gasteiger partial charge in [0.2, 0.25) is 0 Å². The van der Waals surface area contributed by atoms with Crippen molar-refractivity contribution < 1.29 is 13.2 Å². The minimum absolute atomic E-state index is 0.123. The van der Waals surface area contributed by atoms with Crippen LogP contribution in [-0.2, 0) is 14.8 Å². The van der Waals surface area contributed by atoms with Crippen molar-refractivity contribution in [3.63, 3.8) is 0 Å². The SMILES string of the molecule is Cc1ccc(N(CC(C)C)S(=O)(=O)c2ccc(C3CO3)c(C)c2)c(C)c1. The number of hydrogen-bond acceptors (Lipinski definition) is 3. The molecule has 0 bridgehead atoms. The van der Waals surface area contributed by atoms with E-state index in [9.17, 15) is 8.42 Å². The molecule has 0 N–H and O–H groups in total. The zero-order valence-electron chi connectivity index (χ0n) is 16.1. The van der Waals surface area contributed by atoms with E-state index in [4.69, 9.17) is 4.74 Å². The number of hydrogen-bond donors (Lipinski definition) is 0. The molecular formula is C21H27NO3S. The Morgan fingerprint density at radius 1 is 1.08 bits per heavy atom. The second-order valence-corrected chi connectivity index (χ2v) is 9.42. The lowest BCUT2D eigenvalue weighted by Crippen LogP contribution is -2.35. The van der Waals surface area contributed by atoms with Crippen molar-refractivity contribution in [1.82, 2.24) is 0 Å². The maximum absolute atomic E-state index is 13.4. The van der Waals surface area contributed by atoms with Gasteiger partial charge in [0.15, 0.2) is 0 Å². The molecule has 1 unspecified atom stereocenters. The molecule has 0 amide bonds. The van der Waals surface area contributed by atoms with Gasteiger partial charge in [-0.1, -0.05) is 37.6 Å². The summed E-state index contributed by atoms with van der Waals surface area (Å²) in [5.74, 6) is 0.214. The normalized spacial score (nSPS) is 16.8. The van der Waals surface area contributed by atoms with Gasteiger partial charge in [0.1, 0.15) is 6.10 Å². The maximum Gasteiger partial charge on any atom is 0.264 e. The Morgan fingerprint density at radius 3 is 2.31 bits per heavy atom. The van der Waals surface area contributed by atoms with Gasteiger partial charge in [-0.3, -0.25) is 4.31 Å². The number of sulfonamides is 1. The van der Waals surface area contributed by atoms with E-state index in [1.807, 2.05) is 58.9 Å². The molecule has 1 aliphatic heterocycles. The zero-order chi connectivity index (χ0) is 19.1. The summed E-state index contributed by atoms with van der Waals surface area (Å²) >= 11 is 0. The van der Waals surface area contributed by atoms with E-state index in [1.54, 1.807) is 16.4 Å². The fraction of sp³-hybridized carbons (Fsp3) is 0.429. The van der Waals surface area contributed by atoms with Crippen LogP contribution in [0.1, 0.15) is 42.2 Å². The zero-order valence-corrected chi connectivity index (χ0v) is 16.9. The van der Waals surface area contributed by atoms with Gasteiger partial charge in [-0.05, 0) is 61.6 Å². The van der Waals surface area contributed by atoms with Crippen molar-refractivity contribution in [1.29, 1.82) is 0 Å². The summed E-state index contributed by atoms with van der Waals surface area (Å²) in [6, 6.07) is 11.2. The third-order valence-electron chi connectivity index (χ3n) is 4.66. The molecule has 26 heavy (non-hydrogen) atoms. The highest BCUT2D eigenvalue weighted by atomic mass is 32.2. The molecule has 1 aliphatic rings. The van der Waals surface area contributed by atoms with E-state index in [2.05, 4.69) is 0 Å². The minimum atomic E-state index is -3.64. The van der Waals surface area contributed by atoms with Gasteiger partial charge in [0.05, 0.1) is 17.2 Å². The molecule has 1 atom stereocenters. The Kier molecular flexibility index (Phi) is 5.13. The molecule has 5 heteroatoms. The van der Waals surface area contributed by atoms with Gasteiger partial charge < -0.3 is 4.74 Å². The first kappa shape index (κ1) is 18.9. The van der Waals surface area contributed by atoms with E-state index in [1.165, 1.54) is 0 Å². The summed E-state index contributed by atoms with van der Waals surface area (Å²) in [4.78, 5) is 0.333. The molecule has 0 radical (unpaired) electrons. The van der Waals surface area contributed by atoms with Gasteiger partial charge in [-0.25, -0.2) is 8.42 Å². The largest absolute Gasteiger partial charge is 0.368 e. The van der Waals surface area contributed by atoms with Crippen LogP contribution in [0.25, 0.3) is 0 Å². The smallest absolute Gasteiger partial charge is 0.264 e. The summed E-state index contributed by atoms with van der Waals surface area (Å²) in [5.41, 5.74) is 4.87. The Labute approximate surface area is 156 Å². The van der Waals surface area contributed by atoms with Gasteiger partial charge in [0.25, 0.3) is 10.0 Å². The van der Waals surface area contributed by atoms with Crippen molar-refractivity contribution in [2.24, 2.45) is 5.92 Å². The predicted molar refractivity (Wildman–Crippen MR) is 105 cm³/mol. The van der Waals surface area contributed by atoms with Crippen molar-refractivity contribution in [2.75, 3.05) is 17.5 Å². The Hall–Kier alpha value is -1.85. The number of benzene rings is 2. The highest BCUT2D eigenvalue weighted by Crippen LogP contribution is 2.34. The molecule has 1 heterocycles. The van der Waals surface area contributed by atoms with E-state index in [0.717, 1.165) is 34.5 Å². The van der Waals surface area contributed by atoms with Crippen LogP contribution >= 0.6 is 0 Å². The monoisotopic (exact) mass is 373 g/mol. The van der Waals surface area contributed by atoms with Crippen LogP contribution in [0.5, 0.6) is 0 Å². The Morgan fingerprint density at radius 2 is 1.77 bits per heavy atom. The second kappa shape index (κ2) is 7.05. The van der Waals surface area contributed by atoms with Gasteiger partial charge in [0, 0.05) is 6.54 Å². The van der Waals surface area contributed by atoms with Crippen LogP contribution in [0.2, 0.25) is 0 Å². The number of anilines is 1. The molecular weight excluding hydrogens is 346 g/mol. The van der Waals surface area contributed by atoms with Gasteiger partial charge in [-0.15, -0.1) is 0 Å². The number of aryl methyl sites for hydroxylation is 3. The lowest BCUT2D eigenvalue weighted by molar-refractivity contribution is 0.415. The standard InChI is InChI=1S/C21H27NO3S/c1-14(2)12-22(20-9-6-15(3)10-17(20)5)26(23,24)18-7-8-19(16(4)11-18)21-13-25-21/h6-11,14,21H,12-13H2,1-5H3. The second-order valence-electron chi connectivity index (χ2n) is 7.56. The highest BCUT2D eigenvalue weighted by Gasteiger charge is 2.30. The summed E-state index contributed by atoms with van der Waals surface area (Å²) in [5, 5.41) is 0. The molecule has 3 rings (SSSR count). The molecule has 4 nitrogen and oxygen atoms in total. The minimum Gasteiger partial charge on any atom is -0.368 e. The molecule has 1 saturated heterocycles. The van der Waals surface area contributed by atoms with Crippen LogP contribution in [0, 0.1) is 26.7 Å². The van der Waals surface area contributed by atoms with E-state index < -0.39 is 10.0 Å². The first-order valence-electron chi connectivity index (χ1n) is 9.02. The van der Waals surface area contributed by atoms with Gasteiger partial charge in [-0.2, -0.15) is 0 Å². The molecule has 1 fully saturated rings. The van der Waals surface area contributed by atoms with Crippen molar-refractivity contribution in [3.8, 4) is 0 Å². The summed E-state index contributed by atoms with van der Waals surface area (Å²) in [7, 11) is -3.64. The number of rotatable bonds is 6. The molecule has 2 aromatic carbocycles. The first-order chi connectivity index (χ1) is 12.2. The third-order valence-corrected chi connectivity index (χ3v) is 6.44. The molecule has 0 saturated carbocycles. The fourth-order valence-electron chi connectivity index (χ4n) is 3.27. The van der Waals surface area contributed by atoms with E-state index in [0.29, 0.717) is 11.4 Å². The van der Waals surface area contributed by atoms with Crippen LogP contribution < -0.4 is 4.31 Å². The van der Waals surface area contributed by atoms with Crippen molar-refractivity contribution >= 4 is 15.7 Å². The topological polar surface area (TPSA) is 49.9 Å². The highest BCUT2D eigenvalue weighted by molar-refractivity contribution is 7.92. The van der Waals surface area contributed by atoms with Gasteiger partial charge >= 0.3 is 0 Å². The third kappa shape index (κ3) is 3.79. The van der Waals surface area contributed by atoms with Crippen LogP contribution in [0.3, 0.4) is 0 Å². The fourth-order valence-corrected chi connectivity index (χ4v) is 5.05. The first-order valence-corrected chi connectivity index (χ1v) is 10.5. The average molecular weight is 374 g/mol. The van der Waals surface area contributed by atoms with E-state index in [-0.39, 0.29) is 12.0 Å². The average Bonchev–Trinajstić information content (AvgIpc) is 3.37.